The highest BCUT2D eigenvalue weighted by atomic mass is 16.5. The maximum Gasteiger partial charge on any atom is 0.100 e. The van der Waals surface area contributed by atoms with Crippen molar-refractivity contribution < 1.29 is 14.9 Å². The van der Waals surface area contributed by atoms with Gasteiger partial charge in [-0.3, -0.25) is 0 Å². The lowest BCUT2D eigenvalue weighted by Gasteiger charge is -2.07. The standard InChI is InChI=1S/C20H36O3/c1-17(2)9-7-11-19(4)13-8-12-18(3)10-5-6-14-23-16-20(22)15-21/h9-10,13,20-22H,5-8,11-12,14-16H2,1-4H3/b18-10+,19-13+. The first kappa shape index (κ1) is 22.1. The van der Waals surface area contributed by atoms with E-state index in [0.29, 0.717) is 6.61 Å². The van der Waals surface area contributed by atoms with Gasteiger partial charge >= 0.3 is 0 Å². The van der Waals surface area contributed by atoms with Gasteiger partial charge in [0.25, 0.3) is 0 Å². The van der Waals surface area contributed by atoms with Crippen molar-refractivity contribution in [1.29, 1.82) is 0 Å². The molecular weight excluding hydrogens is 288 g/mol. The molecule has 0 aromatic rings. The number of allylic oxidation sites excluding steroid dienone is 6. The molecule has 0 saturated heterocycles. The van der Waals surface area contributed by atoms with Crippen molar-refractivity contribution in [3.05, 3.63) is 34.9 Å². The van der Waals surface area contributed by atoms with Gasteiger partial charge in [-0.2, -0.15) is 0 Å². The molecule has 3 nitrogen and oxygen atoms in total. The van der Waals surface area contributed by atoms with Gasteiger partial charge in [0, 0.05) is 6.61 Å². The number of hydrogen-bond donors (Lipinski definition) is 2. The van der Waals surface area contributed by atoms with Gasteiger partial charge in [0.1, 0.15) is 6.10 Å². The second kappa shape index (κ2) is 14.7. The predicted octanol–water partition coefficient (Wildman–Crippen LogP) is 4.56. The van der Waals surface area contributed by atoms with E-state index in [2.05, 4.69) is 45.9 Å². The first-order chi connectivity index (χ1) is 11.0. The summed E-state index contributed by atoms with van der Waals surface area (Å²) in [5.41, 5.74) is 4.30. The number of hydrogen-bond acceptors (Lipinski definition) is 3. The van der Waals surface area contributed by atoms with Crippen LogP contribution in [-0.2, 0) is 4.74 Å². The third kappa shape index (κ3) is 15.8. The molecule has 0 spiro atoms. The van der Waals surface area contributed by atoms with E-state index >= 15 is 0 Å². The van der Waals surface area contributed by atoms with Crippen molar-refractivity contribution >= 4 is 0 Å². The van der Waals surface area contributed by atoms with E-state index in [1.165, 1.54) is 16.7 Å². The molecule has 0 amide bonds. The third-order valence-corrected chi connectivity index (χ3v) is 3.63. The lowest BCUT2D eigenvalue weighted by molar-refractivity contribution is 0.00585. The van der Waals surface area contributed by atoms with E-state index < -0.39 is 6.10 Å². The van der Waals surface area contributed by atoms with Gasteiger partial charge in [-0.25, -0.2) is 0 Å². The summed E-state index contributed by atoms with van der Waals surface area (Å²) in [5, 5.41) is 17.8. The topological polar surface area (TPSA) is 49.7 Å². The molecule has 1 atom stereocenters. The van der Waals surface area contributed by atoms with E-state index in [-0.39, 0.29) is 13.2 Å². The maximum atomic E-state index is 9.13. The van der Waals surface area contributed by atoms with Crippen molar-refractivity contribution in [2.75, 3.05) is 19.8 Å². The van der Waals surface area contributed by atoms with Crippen molar-refractivity contribution in [3.63, 3.8) is 0 Å². The monoisotopic (exact) mass is 324 g/mol. The van der Waals surface area contributed by atoms with Crippen LogP contribution in [0.15, 0.2) is 34.9 Å². The Morgan fingerprint density at radius 1 is 0.913 bits per heavy atom. The first-order valence-corrected chi connectivity index (χ1v) is 8.77. The lowest BCUT2D eigenvalue weighted by Crippen LogP contribution is -2.19. The van der Waals surface area contributed by atoms with Crippen LogP contribution >= 0.6 is 0 Å². The van der Waals surface area contributed by atoms with Crippen LogP contribution in [0.25, 0.3) is 0 Å². The molecule has 0 aromatic heterocycles. The normalized spacial score (nSPS) is 14.0. The summed E-state index contributed by atoms with van der Waals surface area (Å²) >= 11 is 0. The van der Waals surface area contributed by atoms with Crippen LogP contribution < -0.4 is 0 Å². The summed E-state index contributed by atoms with van der Waals surface area (Å²) in [6.45, 7) is 9.30. The molecule has 0 fully saturated rings. The Kier molecular flexibility index (Phi) is 14.1. The summed E-state index contributed by atoms with van der Waals surface area (Å²) in [7, 11) is 0. The molecule has 0 heterocycles. The van der Waals surface area contributed by atoms with Crippen molar-refractivity contribution in [1.82, 2.24) is 0 Å². The predicted molar refractivity (Wildman–Crippen MR) is 98.6 cm³/mol. The Bertz CT molecular complexity index is 376. The molecule has 0 aromatic carbocycles. The van der Waals surface area contributed by atoms with Crippen LogP contribution in [0.3, 0.4) is 0 Å². The summed E-state index contributed by atoms with van der Waals surface area (Å²) in [6, 6.07) is 0. The van der Waals surface area contributed by atoms with Crippen molar-refractivity contribution in [3.8, 4) is 0 Å². The van der Waals surface area contributed by atoms with Crippen molar-refractivity contribution in [2.45, 2.75) is 72.3 Å². The quantitative estimate of drug-likeness (QED) is 0.386. The number of rotatable bonds is 13. The number of ether oxygens (including phenoxy) is 1. The van der Waals surface area contributed by atoms with E-state index in [9.17, 15) is 0 Å². The molecule has 2 N–H and O–H groups in total. The SMILES string of the molecule is CC(C)=CCC/C(C)=C/CC/C(C)=C/CCCOCC(O)CO. The summed E-state index contributed by atoms with van der Waals surface area (Å²) in [6.07, 6.45) is 12.7. The van der Waals surface area contributed by atoms with Crippen LogP contribution in [0.4, 0.5) is 0 Å². The van der Waals surface area contributed by atoms with E-state index in [1.54, 1.807) is 0 Å². The van der Waals surface area contributed by atoms with Gasteiger partial charge in [0.05, 0.1) is 13.2 Å². The Morgan fingerprint density at radius 3 is 2.04 bits per heavy atom. The zero-order chi connectivity index (χ0) is 17.5. The van der Waals surface area contributed by atoms with Crippen LogP contribution in [0.5, 0.6) is 0 Å². The molecule has 23 heavy (non-hydrogen) atoms. The van der Waals surface area contributed by atoms with Gasteiger partial charge in [-0.05, 0) is 66.2 Å². The molecule has 0 aliphatic carbocycles. The fourth-order valence-corrected chi connectivity index (χ4v) is 2.14. The van der Waals surface area contributed by atoms with Crippen LogP contribution in [0, 0.1) is 0 Å². The average molecular weight is 325 g/mol. The highest BCUT2D eigenvalue weighted by molar-refractivity contribution is 5.05. The molecule has 0 saturated carbocycles. The minimum absolute atomic E-state index is 0.218. The number of aliphatic hydroxyl groups is 2. The van der Waals surface area contributed by atoms with Crippen LogP contribution in [0.2, 0.25) is 0 Å². The minimum atomic E-state index is -0.751. The van der Waals surface area contributed by atoms with Crippen LogP contribution in [-0.4, -0.2) is 36.1 Å². The first-order valence-electron chi connectivity index (χ1n) is 8.77. The van der Waals surface area contributed by atoms with Gasteiger partial charge in [0.2, 0.25) is 0 Å². The van der Waals surface area contributed by atoms with E-state index in [4.69, 9.17) is 14.9 Å². The Balaban J connectivity index is 3.71. The molecule has 0 bridgehead atoms. The lowest BCUT2D eigenvalue weighted by atomic mass is 10.1. The molecular formula is C20H36O3. The zero-order valence-corrected chi connectivity index (χ0v) is 15.5. The Hall–Kier alpha value is -0.900. The fourth-order valence-electron chi connectivity index (χ4n) is 2.14. The highest BCUT2D eigenvalue weighted by Gasteiger charge is 2.00. The molecule has 1 unspecified atom stereocenters. The highest BCUT2D eigenvalue weighted by Crippen LogP contribution is 2.12. The second-order valence-electron chi connectivity index (χ2n) is 6.51. The second-order valence-corrected chi connectivity index (χ2v) is 6.51. The van der Waals surface area contributed by atoms with Gasteiger partial charge in [-0.1, -0.05) is 34.9 Å². The number of aliphatic hydroxyl groups excluding tert-OH is 2. The maximum absolute atomic E-state index is 9.13. The summed E-state index contributed by atoms with van der Waals surface area (Å²) in [4.78, 5) is 0. The van der Waals surface area contributed by atoms with E-state index in [0.717, 1.165) is 38.5 Å². The van der Waals surface area contributed by atoms with Crippen molar-refractivity contribution in [2.24, 2.45) is 0 Å². The molecule has 0 rings (SSSR count). The van der Waals surface area contributed by atoms with Gasteiger partial charge < -0.3 is 14.9 Å². The average Bonchev–Trinajstić information content (AvgIpc) is 2.50. The van der Waals surface area contributed by atoms with Crippen LogP contribution in [0.1, 0.15) is 66.2 Å². The number of unbranched alkanes of at least 4 members (excludes halogenated alkanes) is 1. The minimum Gasteiger partial charge on any atom is -0.394 e. The summed E-state index contributed by atoms with van der Waals surface area (Å²) in [5.74, 6) is 0. The summed E-state index contributed by atoms with van der Waals surface area (Å²) < 4.78 is 5.28. The van der Waals surface area contributed by atoms with Gasteiger partial charge in [0.15, 0.2) is 0 Å². The molecule has 0 radical (unpaired) electrons. The zero-order valence-electron chi connectivity index (χ0n) is 15.5. The van der Waals surface area contributed by atoms with E-state index in [1.807, 2.05) is 0 Å². The smallest absolute Gasteiger partial charge is 0.100 e. The molecule has 0 aliphatic heterocycles. The molecule has 134 valence electrons. The Labute approximate surface area is 142 Å². The fraction of sp³-hybridized carbons (Fsp3) is 0.700. The van der Waals surface area contributed by atoms with Gasteiger partial charge in [-0.15, -0.1) is 0 Å². The molecule has 3 heteroatoms. The third-order valence-electron chi connectivity index (χ3n) is 3.63. The Morgan fingerprint density at radius 2 is 1.48 bits per heavy atom. The molecule has 0 aliphatic rings. The largest absolute Gasteiger partial charge is 0.394 e.